The van der Waals surface area contributed by atoms with Gasteiger partial charge in [-0.3, -0.25) is 19.4 Å². The molecule has 42 heavy (non-hydrogen) atoms. The van der Waals surface area contributed by atoms with Crippen LogP contribution >= 0.6 is 0 Å². The number of halogens is 2. The van der Waals surface area contributed by atoms with Gasteiger partial charge in [0, 0.05) is 81.9 Å². The van der Waals surface area contributed by atoms with Gasteiger partial charge >= 0.3 is 0 Å². The number of aromatic hydroxyl groups is 2. The van der Waals surface area contributed by atoms with Crippen LogP contribution in [0.25, 0.3) is 0 Å². The van der Waals surface area contributed by atoms with Crippen LogP contribution in [0.2, 0.25) is 0 Å². The molecule has 220 valence electrons. The van der Waals surface area contributed by atoms with E-state index < -0.39 is 17.1 Å². The van der Waals surface area contributed by atoms with Crippen LogP contribution in [0.5, 0.6) is 11.5 Å². The third-order valence-corrected chi connectivity index (χ3v) is 7.71. The van der Waals surface area contributed by atoms with Crippen LogP contribution in [0.3, 0.4) is 0 Å². The molecule has 0 radical (unpaired) electrons. The molecule has 2 N–H and O–H groups in total. The van der Waals surface area contributed by atoms with Crippen molar-refractivity contribution in [3.63, 3.8) is 0 Å². The van der Waals surface area contributed by atoms with Crippen LogP contribution in [0.4, 0.5) is 8.78 Å². The zero-order chi connectivity index (χ0) is 29.8. The van der Waals surface area contributed by atoms with Crippen molar-refractivity contribution in [1.82, 2.24) is 18.9 Å². The molecule has 0 bridgehead atoms. The molecule has 2 aliphatic heterocycles. The molecular weight excluding hydrogens is 542 g/mol. The summed E-state index contributed by atoms with van der Waals surface area (Å²) in [6.07, 6.45) is 2.98. The summed E-state index contributed by atoms with van der Waals surface area (Å²) >= 11 is 0. The second-order valence-electron chi connectivity index (χ2n) is 11.0. The number of hydrogen-bond acceptors (Lipinski definition) is 6. The van der Waals surface area contributed by atoms with Crippen molar-refractivity contribution < 1.29 is 19.0 Å². The fourth-order valence-electron chi connectivity index (χ4n) is 5.53. The Bertz CT molecular complexity index is 1650. The van der Waals surface area contributed by atoms with Crippen molar-refractivity contribution in [2.45, 2.75) is 45.6 Å². The Kier molecular flexibility index (Phi) is 8.84. The first-order valence-corrected chi connectivity index (χ1v) is 13.9. The zero-order valence-electron chi connectivity index (χ0n) is 23.4. The van der Waals surface area contributed by atoms with Crippen LogP contribution in [-0.4, -0.2) is 48.8 Å². The molecule has 8 nitrogen and oxygen atoms in total. The summed E-state index contributed by atoms with van der Waals surface area (Å²) in [7, 11) is 0. The lowest BCUT2D eigenvalue weighted by Crippen LogP contribution is -2.37. The van der Waals surface area contributed by atoms with Gasteiger partial charge in [0.25, 0.3) is 0 Å². The molecule has 0 spiro atoms. The van der Waals surface area contributed by atoms with E-state index in [0.717, 1.165) is 43.6 Å². The Labute approximate surface area is 242 Å². The van der Waals surface area contributed by atoms with Gasteiger partial charge < -0.3 is 19.3 Å². The summed E-state index contributed by atoms with van der Waals surface area (Å²) in [6.45, 7) is 7.89. The largest absolute Gasteiger partial charge is 0.503 e. The molecule has 2 aromatic carbocycles. The quantitative estimate of drug-likeness (QED) is 0.373. The Balaban J connectivity index is 0.000000168. The lowest BCUT2D eigenvalue weighted by molar-refractivity contribution is 0.208. The number of fused-ring (bicyclic) bond motifs is 2. The monoisotopic (exact) mass is 576 g/mol. The van der Waals surface area contributed by atoms with E-state index in [1.807, 2.05) is 20.1 Å². The van der Waals surface area contributed by atoms with Gasteiger partial charge in [0.2, 0.25) is 10.9 Å². The smallest absolute Gasteiger partial charge is 0.223 e. The van der Waals surface area contributed by atoms with Gasteiger partial charge in [-0.05, 0) is 29.2 Å². The SMILES string of the molecule is CC(CN1CCn2cc(O)c(=O)cc2C1)c1ccccc1.O=c1cc2n(cc1O)CCN(Cc1cc(F)cc(F)c1)C2. The lowest BCUT2D eigenvalue weighted by Gasteiger charge is -2.32. The van der Waals surface area contributed by atoms with E-state index >= 15 is 0 Å². The fourth-order valence-corrected chi connectivity index (χ4v) is 5.53. The second-order valence-corrected chi connectivity index (χ2v) is 11.0. The summed E-state index contributed by atoms with van der Waals surface area (Å²) in [5.41, 5.74) is 2.94. The highest BCUT2D eigenvalue weighted by Crippen LogP contribution is 2.21. The van der Waals surface area contributed by atoms with Gasteiger partial charge in [0.15, 0.2) is 11.5 Å². The summed E-state index contributed by atoms with van der Waals surface area (Å²) in [5, 5.41) is 18.9. The molecule has 0 amide bonds. The molecule has 4 aromatic rings. The van der Waals surface area contributed by atoms with Crippen molar-refractivity contribution in [3.05, 3.63) is 128 Å². The Morgan fingerprint density at radius 2 is 1.26 bits per heavy atom. The Morgan fingerprint density at radius 1 is 0.738 bits per heavy atom. The predicted molar refractivity (Wildman–Crippen MR) is 155 cm³/mol. The lowest BCUT2D eigenvalue weighted by atomic mass is 10.0. The highest BCUT2D eigenvalue weighted by Gasteiger charge is 2.20. The van der Waals surface area contributed by atoms with E-state index in [0.29, 0.717) is 37.7 Å². The first kappa shape index (κ1) is 29.2. The molecule has 10 heteroatoms. The van der Waals surface area contributed by atoms with E-state index in [-0.39, 0.29) is 16.9 Å². The number of hydrogen-bond donors (Lipinski definition) is 2. The van der Waals surface area contributed by atoms with Gasteiger partial charge in [-0.25, -0.2) is 8.78 Å². The molecule has 2 aliphatic rings. The Morgan fingerprint density at radius 3 is 1.83 bits per heavy atom. The fraction of sp³-hybridized carbons (Fsp3) is 0.312. The van der Waals surface area contributed by atoms with Crippen molar-refractivity contribution in [2.75, 3.05) is 19.6 Å². The van der Waals surface area contributed by atoms with Gasteiger partial charge in [0.1, 0.15) is 11.6 Å². The van der Waals surface area contributed by atoms with Crippen LogP contribution < -0.4 is 10.9 Å². The molecule has 6 rings (SSSR count). The highest BCUT2D eigenvalue weighted by atomic mass is 19.1. The van der Waals surface area contributed by atoms with Gasteiger partial charge in [-0.2, -0.15) is 0 Å². The summed E-state index contributed by atoms with van der Waals surface area (Å²) < 4.78 is 30.2. The van der Waals surface area contributed by atoms with E-state index in [1.54, 1.807) is 12.3 Å². The van der Waals surface area contributed by atoms with Gasteiger partial charge in [-0.1, -0.05) is 37.3 Å². The van der Waals surface area contributed by atoms with E-state index in [2.05, 4.69) is 36.1 Å². The molecule has 0 saturated carbocycles. The first-order valence-electron chi connectivity index (χ1n) is 13.9. The van der Waals surface area contributed by atoms with E-state index in [1.165, 1.54) is 30.0 Å². The van der Waals surface area contributed by atoms with Crippen LogP contribution in [0, 0.1) is 11.6 Å². The van der Waals surface area contributed by atoms with Gasteiger partial charge in [0.05, 0.1) is 12.4 Å². The molecule has 0 fully saturated rings. The normalized spacial score (nSPS) is 15.7. The topological polar surface area (TPSA) is 90.9 Å². The number of pyridine rings is 2. The molecule has 0 saturated heterocycles. The first-order chi connectivity index (χ1) is 20.1. The third-order valence-electron chi connectivity index (χ3n) is 7.71. The van der Waals surface area contributed by atoms with Crippen LogP contribution in [0.1, 0.15) is 35.4 Å². The molecule has 4 heterocycles. The predicted octanol–water partition coefficient (Wildman–Crippen LogP) is 4.02. The molecule has 1 unspecified atom stereocenters. The van der Waals surface area contributed by atoms with Crippen LogP contribution in [-0.2, 0) is 32.7 Å². The van der Waals surface area contributed by atoms with Crippen molar-refractivity contribution in [2.24, 2.45) is 0 Å². The zero-order valence-corrected chi connectivity index (χ0v) is 23.4. The number of nitrogens with zero attached hydrogens (tertiary/aromatic N) is 4. The Hall–Kier alpha value is -4.28. The summed E-state index contributed by atoms with van der Waals surface area (Å²) in [5.74, 6) is -1.15. The highest BCUT2D eigenvalue weighted by molar-refractivity contribution is 5.24. The summed E-state index contributed by atoms with van der Waals surface area (Å²) in [4.78, 5) is 27.4. The van der Waals surface area contributed by atoms with E-state index in [4.69, 9.17) is 0 Å². The van der Waals surface area contributed by atoms with Crippen LogP contribution in [0.15, 0.2) is 82.6 Å². The summed E-state index contributed by atoms with van der Waals surface area (Å²) in [6, 6.07) is 16.9. The molecule has 1 atom stereocenters. The molecule has 0 aliphatic carbocycles. The second kappa shape index (κ2) is 12.7. The number of rotatable bonds is 5. The standard InChI is InChI=1S/C17H20N2O2.C15H14F2N2O2/c1-13(14-5-3-2-4-6-14)10-18-7-8-19-12-17(21)16(20)9-15(19)11-18;16-11-3-10(4-12(17)5-11)7-18-1-2-19-9-15(21)14(20)6-13(19)8-18/h2-6,9,12-13,21H,7-8,10-11H2,1H3;3-6,9,21H,1-2,7-8H2. The van der Waals surface area contributed by atoms with Gasteiger partial charge in [-0.15, -0.1) is 0 Å². The molecular formula is C32H34F2N4O4. The van der Waals surface area contributed by atoms with Crippen molar-refractivity contribution in [1.29, 1.82) is 0 Å². The maximum atomic E-state index is 13.2. The third kappa shape index (κ3) is 7.13. The minimum atomic E-state index is -0.594. The average molecular weight is 577 g/mol. The van der Waals surface area contributed by atoms with E-state index in [9.17, 15) is 28.6 Å². The number of aromatic nitrogens is 2. The minimum absolute atomic E-state index is 0.162. The average Bonchev–Trinajstić information content (AvgIpc) is 2.95. The van der Waals surface area contributed by atoms with Crippen molar-refractivity contribution >= 4 is 0 Å². The number of benzene rings is 2. The maximum absolute atomic E-state index is 13.2. The minimum Gasteiger partial charge on any atom is -0.503 e. The molecule has 2 aromatic heterocycles. The van der Waals surface area contributed by atoms with Crippen molar-refractivity contribution in [3.8, 4) is 11.5 Å². The maximum Gasteiger partial charge on any atom is 0.223 e.